The summed E-state index contributed by atoms with van der Waals surface area (Å²) < 4.78 is 62.1. The average Bonchev–Trinajstić information content (AvgIpc) is 2.35. The van der Waals surface area contributed by atoms with Crippen molar-refractivity contribution in [1.29, 1.82) is 0 Å². The summed E-state index contributed by atoms with van der Waals surface area (Å²) in [6.45, 7) is 0. The smallest absolute Gasteiger partial charge is 0.287 e. The maximum atomic E-state index is 12.9. The molecule has 0 unspecified atom stereocenters. The van der Waals surface area contributed by atoms with Crippen molar-refractivity contribution in [2.24, 2.45) is 0 Å². The maximum absolute atomic E-state index is 12.9. The van der Waals surface area contributed by atoms with Crippen molar-refractivity contribution >= 4 is 17.2 Å². The van der Waals surface area contributed by atoms with E-state index in [1.54, 1.807) is 0 Å². The number of para-hydroxylation sites is 1. The van der Waals surface area contributed by atoms with Gasteiger partial charge in [-0.25, -0.2) is 0 Å². The fourth-order valence-corrected chi connectivity index (χ4v) is 1.35. The van der Waals surface area contributed by atoms with Gasteiger partial charge in [-0.15, -0.1) is 0 Å². The topological polar surface area (TPSA) is 103 Å². The van der Waals surface area contributed by atoms with E-state index in [9.17, 15) is 47.0 Å². The van der Waals surface area contributed by atoms with Crippen LogP contribution < -0.4 is 0 Å². The molecule has 0 spiro atoms. The second-order valence-electron chi connectivity index (χ2n) is 3.59. The Hall–Kier alpha value is -2.66. The number of hydrogen-bond acceptors (Lipinski definition) is 5. The van der Waals surface area contributed by atoms with Gasteiger partial charge in [-0.1, -0.05) is 6.07 Å². The normalized spacial score (nSPS) is 12.0. The molecule has 1 aromatic carbocycles. The van der Waals surface area contributed by atoms with E-state index in [-0.39, 0.29) is 6.07 Å². The summed E-state index contributed by atoms with van der Waals surface area (Å²) in [4.78, 5) is 29.4. The number of Topliss-reactive ketones (excluding diaryl/α,β-unsaturated/α-hetero) is 1. The SMILES string of the molecule is O=C(c1cccc([N+](=O)[O-])c1[N+](=O)[O-])C(F)(F)C(F)(F)F. The highest BCUT2D eigenvalue weighted by atomic mass is 19.4. The molecule has 12 heteroatoms. The summed E-state index contributed by atoms with van der Waals surface area (Å²) in [7, 11) is 0. The van der Waals surface area contributed by atoms with E-state index in [0.29, 0.717) is 12.1 Å². The molecule has 0 fully saturated rings. The Labute approximate surface area is 111 Å². The molecule has 7 nitrogen and oxygen atoms in total. The van der Waals surface area contributed by atoms with E-state index in [1.807, 2.05) is 0 Å². The predicted molar refractivity (Wildman–Crippen MR) is 55.1 cm³/mol. The quantitative estimate of drug-likeness (QED) is 0.368. The lowest BCUT2D eigenvalue weighted by Gasteiger charge is -2.17. The Balaban J connectivity index is 3.59. The molecule has 0 radical (unpaired) electrons. The van der Waals surface area contributed by atoms with E-state index in [0.717, 1.165) is 0 Å². The number of alkyl halides is 5. The van der Waals surface area contributed by atoms with Gasteiger partial charge in [-0.3, -0.25) is 25.0 Å². The van der Waals surface area contributed by atoms with Crippen LogP contribution in [0.5, 0.6) is 0 Å². The molecular formula is C9H3F5N2O5. The molecule has 0 atom stereocenters. The van der Waals surface area contributed by atoms with Gasteiger partial charge in [0, 0.05) is 6.07 Å². The zero-order chi connectivity index (χ0) is 16.6. The number of rotatable bonds is 4. The fraction of sp³-hybridized carbons (Fsp3) is 0.222. The molecule has 21 heavy (non-hydrogen) atoms. The minimum absolute atomic E-state index is 0.285. The monoisotopic (exact) mass is 314 g/mol. The van der Waals surface area contributed by atoms with Crippen LogP contribution in [0.15, 0.2) is 18.2 Å². The number of ketones is 1. The van der Waals surface area contributed by atoms with Crippen LogP contribution in [0.2, 0.25) is 0 Å². The van der Waals surface area contributed by atoms with Gasteiger partial charge in [-0.05, 0) is 6.07 Å². The Morgan fingerprint density at radius 2 is 1.52 bits per heavy atom. The highest BCUT2D eigenvalue weighted by Crippen LogP contribution is 2.41. The van der Waals surface area contributed by atoms with E-state index in [2.05, 4.69) is 0 Å². The first-order valence-corrected chi connectivity index (χ1v) is 4.82. The Morgan fingerprint density at radius 1 is 1.00 bits per heavy atom. The molecule has 1 aromatic rings. The first kappa shape index (κ1) is 16.4. The molecule has 0 heterocycles. The van der Waals surface area contributed by atoms with Gasteiger partial charge in [0.25, 0.3) is 0 Å². The molecule has 0 aliphatic heterocycles. The number of nitrogens with zero attached hydrogens (tertiary/aromatic N) is 2. The van der Waals surface area contributed by atoms with E-state index in [1.165, 1.54) is 0 Å². The lowest BCUT2D eigenvalue weighted by Crippen LogP contribution is -2.44. The zero-order valence-electron chi connectivity index (χ0n) is 9.56. The van der Waals surface area contributed by atoms with E-state index < -0.39 is 44.7 Å². The van der Waals surface area contributed by atoms with Crippen LogP contribution in [0.4, 0.5) is 33.3 Å². The van der Waals surface area contributed by atoms with Gasteiger partial charge in [-0.2, -0.15) is 22.0 Å². The minimum Gasteiger partial charge on any atom is -0.287 e. The second kappa shape index (κ2) is 5.03. The van der Waals surface area contributed by atoms with Crippen molar-refractivity contribution in [3.05, 3.63) is 44.0 Å². The van der Waals surface area contributed by atoms with Crippen molar-refractivity contribution in [1.82, 2.24) is 0 Å². The molecule has 1 rings (SSSR count). The second-order valence-corrected chi connectivity index (χ2v) is 3.59. The van der Waals surface area contributed by atoms with Crippen molar-refractivity contribution in [2.45, 2.75) is 12.1 Å². The van der Waals surface area contributed by atoms with Gasteiger partial charge in [0.2, 0.25) is 5.78 Å². The lowest BCUT2D eigenvalue weighted by molar-refractivity contribution is -0.422. The highest BCUT2D eigenvalue weighted by molar-refractivity contribution is 6.06. The van der Waals surface area contributed by atoms with Crippen LogP contribution in [0, 0.1) is 20.2 Å². The number of nitro groups is 2. The highest BCUT2D eigenvalue weighted by Gasteiger charge is 2.64. The lowest BCUT2D eigenvalue weighted by atomic mass is 10.0. The van der Waals surface area contributed by atoms with Crippen molar-refractivity contribution in [3.63, 3.8) is 0 Å². The average molecular weight is 314 g/mol. The summed E-state index contributed by atoms with van der Waals surface area (Å²) >= 11 is 0. The standard InChI is InChI=1S/C9H3F5N2O5/c10-8(11,9(12,13)14)7(17)4-2-1-3-5(15(18)19)6(4)16(20)21/h1-3H. The van der Waals surface area contributed by atoms with Crippen molar-refractivity contribution < 1.29 is 36.6 Å². The summed E-state index contributed by atoms with van der Waals surface area (Å²) in [5.74, 6) is -8.85. The van der Waals surface area contributed by atoms with E-state index in [4.69, 9.17) is 0 Å². The Bertz CT molecular complexity index is 627. The minimum atomic E-state index is -6.29. The molecule has 0 N–H and O–H groups in total. The number of hydrogen-bond donors (Lipinski definition) is 0. The van der Waals surface area contributed by atoms with Crippen molar-refractivity contribution in [3.8, 4) is 0 Å². The molecule has 0 saturated heterocycles. The largest absolute Gasteiger partial charge is 0.461 e. The Morgan fingerprint density at radius 3 is 1.90 bits per heavy atom. The molecule has 0 saturated carbocycles. The number of carbonyl (C=O) groups excluding carboxylic acids is 1. The van der Waals surface area contributed by atoms with Gasteiger partial charge < -0.3 is 0 Å². The molecule has 114 valence electrons. The number of nitro benzene ring substituents is 2. The van der Waals surface area contributed by atoms with Crippen LogP contribution >= 0.6 is 0 Å². The summed E-state index contributed by atoms with van der Waals surface area (Å²) in [5, 5.41) is 21.2. The predicted octanol–water partition coefficient (Wildman–Crippen LogP) is 2.88. The number of benzene rings is 1. The maximum Gasteiger partial charge on any atom is 0.461 e. The van der Waals surface area contributed by atoms with Gasteiger partial charge in [0.15, 0.2) is 0 Å². The van der Waals surface area contributed by atoms with Gasteiger partial charge in [0.1, 0.15) is 5.56 Å². The first-order chi connectivity index (χ1) is 9.41. The third kappa shape index (κ3) is 2.78. The molecular weight excluding hydrogens is 311 g/mol. The molecule has 0 aromatic heterocycles. The van der Waals surface area contributed by atoms with Gasteiger partial charge >= 0.3 is 23.5 Å². The van der Waals surface area contributed by atoms with Crippen molar-refractivity contribution in [2.75, 3.05) is 0 Å². The third-order valence-electron chi connectivity index (χ3n) is 2.28. The zero-order valence-corrected chi connectivity index (χ0v) is 9.56. The Kier molecular flexibility index (Phi) is 3.93. The summed E-state index contributed by atoms with van der Waals surface area (Å²) in [6.07, 6.45) is -6.29. The summed E-state index contributed by atoms with van der Waals surface area (Å²) in [6, 6.07) is 1.37. The molecule has 0 amide bonds. The van der Waals surface area contributed by atoms with Crippen LogP contribution in [-0.4, -0.2) is 27.7 Å². The van der Waals surface area contributed by atoms with Crippen LogP contribution in [0.1, 0.15) is 10.4 Å². The van der Waals surface area contributed by atoms with Crippen LogP contribution in [0.25, 0.3) is 0 Å². The van der Waals surface area contributed by atoms with Gasteiger partial charge in [0.05, 0.1) is 9.85 Å². The summed E-state index contributed by atoms with van der Waals surface area (Å²) in [5.41, 5.74) is -4.79. The number of halogens is 5. The third-order valence-corrected chi connectivity index (χ3v) is 2.28. The molecule has 0 aliphatic carbocycles. The van der Waals surface area contributed by atoms with Crippen LogP contribution in [0.3, 0.4) is 0 Å². The fourth-order valence-electron chi connectivity index (χ4n) is 1.35. The van der Waals surface area contributed by atoms with Crippen LogP contribution in [-0.2, 0) is 0 Å². The molecule has 0 aliphatic rings. The molecule has 0 bridgehead atoms. The first-order valence-electron chi connectivity index (χ1n) is 4.82. The number of carbonyl (C=O) groups is 1. The van der Waals surface area contributed by atoms with E-state index >= 15 is 0 Å².